The Labute approximate surface area is 152 Å². The zero-order valence-electron chi connectivity index (χ0n) is 14.6. The highest BCUT2D eigenvalue weighted by Gasteiger charge is 2.41. The van der Waals surface area contributed by atoms with Crippen molar-refractivity contribution in [1.29, 1.82) is 0 Å². The second-order valence-electron chi connectivity index (χ2n) is 7.21. The Morgan fingerprint density at radius 1 is 1.12 bits per heavy atom. The second-order valence-corrected chi connectivity index (χ2v) is 7.21. The maximum absolute atomic E-state index is 13.5. The van der Waals surface area contributed by atoms with E-state index in [0.29, 0.717) is 12.2 Å². The van der Waals surface area contributed by atoms with Crippen LogP contribution in [-0.4, -0.2) is 37.2 Å². The van der Waals surface area contributed by atoms with E-state index < -0.39 is 0 Å². The quantitative estimate of drug-likeness (QED) is 0.890. The number of hydrogen-bond acceptors (Lipinski definition) is 3. The number of nitrogens with one attached hydrogen (secondary N) is 2. The van der Waals surface area contributed by atoms with E-state index in [2.05, 4.69) is 10.6 Å². The Morgan fingerprint density at radius 2 is 1.85 bits per heavy atom. The van der Waals surface area contributed by atoms with Gasteiger partial charge in [-0.1, -0.05) is 24.3 Å². The lowest BCUT2D eigenvalue weighted by atomic mass is 9.88. The van der Waals surface area contributed by atoms with E-state index in [0.717, 1.165) is 43.5 Å². The number of halogens is 1. The lowest BCUT2D eigenvalue weighted by Crippen LogP contribution is -2.43. The van der Waals surface area contributed by atoms with Crippen LogP contribution >= 0.6 is 0 Å². The van der Waals surface area contributed by atoms with Gasteiger partial charge in [-0.25, -0.2) is 4.39 Å². The highest BCUT2D eigenvalue weighted by molar-refractivity contribution is 5.95. The van der Waals surface area contributed by atoms with Gasteiger partial charge in [0, 0.05) is 5.56 Å². The number of hydrogen-bond donors (Lipinski definition) is 2. The third-order valence-electron chi connectivity index (χ3n) is 5.34. The molecule has 1 atom stereocenters. The van der Waals surface area contributed by atoms with E-state index in [1.165, 1.54) is 12.1 Å². The molecule has 1 spiro atoms. The van der Waals surface area contributed by atoms with E-state index in [1.54, 1.807) is 18.2 Å². The molecule has 0 aliphatic carbocycles. The smallest absolute Gasteiger partial charge is 0.251 e. The Hall–Kier alpha value is -2.24. The molecular weight excluding hydrogens is 331 g/mol. The van der Waals surface area contributed by atoms with Gasteiger partial charge in [0.1, 0.15) is 5.82 Å². The van der Waals surface area contributed by atoms with Crippen LogP contribution in [-0.2, 0) is 4.74 Å². The second kappa shape index (κ2) is 7.17. The van der Waals surface area contributed by atoms with Gasteiger partial charge in [-0.2, -0.15) is 0 Å². The number of carbonyl (C=O) groups is 1. The molecule has 2 aromatic rings. The van der Waals surface area contributed by atoms with Crippen LogP contribution < -0.4 is 10.6 Å². The number of piperidine rings is 1. The molecule has 1 amide bonds. The van der Waals surface area contributed by atoms with Crippen LogP contribution in [0.2, 0.25) is 0 Å². The summed E-state index contributed by atoms with van der Waals surface area (Å²) in [5.74, 6) is -0.393. The van der Waals surface area contributed by atoms with Gasteiger partial charge in [0.25, 0.3) is 5.91 Å². The first kappa shape index (κ1) is 17.2. The first-order valence-corrected chi connectivity index (χ1v) is 9.15. The summed E-state index contributed by atoms with van der Waals surface area (Å²) in [6, 6.07) is 13.7. The average Bonchev–Trinajstić information content (AvgIpc) is 3.04. The van der Waals surface area contributed by atoms with Gasteiger partial charge in [0.05, 0.1) is 18.2 Å². The fourth-order valence-corrected chi connectivity index (χ4v) is 3.94. The summed E-state index contributed by atoms with van der Waals surface area (Å²) in [5, 5.41) is 6.45. The minimum absolute atomic E-state index is 0.0402. The summed E-state index contributed by atoms with van der Waals surface area (Å²) in [6.45, 7) is 2.50. The molecule has 2 saturated heterocycles. The molecule has 2 N–H and O–H groups in total. The van der Waals surface area contributed by atoms with Crippen molar-refractivity contribution in [2.24, 2.45) is 0 Å². The van der Waals surface area contributed by atoms with Gasteiger partial charge in [0.2, 0.25) is 0 Å². The number of rotatable bonds is 3. The average molecular weight is 354 g/mol. The molecule has 0 bridgehead atoms. The molecule has 4 rings (SSSR count). The predicted molar refractivity (Wildman–Crippen MR) is 98.5 cm³/mol. The molecule has 2 fully saturated rings. The molecular formula is C21H23FN2O2. The van der Waals surface area contributed by atoms with E-state index in [1.807, 2.05) is 18.2 Å². The van der Waals surface area contributed by atoms with Crippen LogP contribution in [0.3, 0.4) is 0 Å². The largest absolute Gasteiger partial charge is 0.373 e. The predicted octanol–water partition coefficient (Wildman–Crippen LogP) is 3.13. The Balaban J connectivity index is 1.45. The first-order valence-electron chi connectivity index (χ1n) is 9.15. The van der Waals surface area contributed by atoms with Crippen molar-refractivity contribution in [3.8, 4) is 11.1 Å². The Morgan fingerprint density at radius 3 is 2.62 bits per heavy atom. The van der Waals surface area contributed by atoms with Gasteiger partial charge in [-0.3, -0.25) is 4.79 Å². The number of ether oxygens (including phenoxy) is 1. The van der Waals surface area contributed by atoms with Crippen molar-refractivity contribution < 1.29 is 13.9 Å². The molecule has 0 unspecified atom stereocenters. The molecule has 2 aliphatic rings. The SMILES string of the molecule is O=C(N[C@@H]1COC2(CCNCC2)C1)c1cccc(-c2cccc(F)c2)c1. The molecule has 2 aliphatic heterocycles. The summed E-state index contributed by atoms with van der Waals surface area (Å²) in [5.41, 5.74) is 2.09. The van der Waals surface area contributed by atoms with Crippen molar-refractivity contribution in [3.05, 3.63) is 59.9 Å². The number of amides is 1. The topological polar surface area (TPSA) is 50.4 Å². The molecule has 0 radical (unpaired) electrons. The van der Waals surface area contributed by atoms with Crippen molar-refractivity contribution in [3.63, 3.8) is 0 Å². The lowest BCUT2D eigenvalue weighted by Gasteiger charge is -2.32. The zero-order chi connectivity index (χ0) is 18.0. The fourth-order valence-electron chi connectivity index (χ4n) is 3.94. The molecule has 5 heteroatoms. The highest BCUT2D eigenvalue weighted by atomic mass is 19.1. The van der Waals surface area contributed by atoms with Gasteiger partial charge in [-0.15, -0.1) is 0 Å². The van der Waals surface area contributed by atoms with E-state index >= 15 is 0 Å². The molecule has 2 heterocycles. The first-order chi connectivity index (χ1) is 12.6. The maximum Gasteiger partial charge on any atom is 0.251 e. The van der Waals surface area contributed by atoms with E-state index in [-0.39, 0.29) is 23.4 Å². The normalized spacial score (nSPS) is 21.7. The number of carbonyl (C=O) groups excluding carboxylic acids is 1. The minimum atomic E-state index is -0.285. The number of benzene rings is 2. The Kier molecular flexibility index (Phi) is 4.74. The van der Waals surface area contributed by atoms with Crippen molar-refractivity contribution >= 4 is 5.91 Å². The molecule has 26 heavy (non-hydrogen) atoms. The Bertz CT molecular complexity index is 802. The third-order valence-corrected chi connectivity index (χ3v) is 5.34. The van der Waals surface area contributed by atoms with Crippen LogP contribution in [0.1, 0.15) is 29.6 Å². The van der Waals surface area contributed by atoms with Crippen molar-refractivity contribution in [2.75, 3.05) is 19.7 Å². The standard InChI is InChI=1S/C21H23FN2O2/c22-18-6-2-4-16(12-18)15-3-1-5-17(11-15)20(25)24-19-13-21(26-14-19)7-9-23-10-8-21/h1-6,11-12,19,23H,7-10,13-14H2,(H,24,25)/t19-/m0/s1. The van der Waals surface area contributed by atoms with Gasteiger partial charge < -0.3 is 15.4 Å². The summed E-state index contributed by atoms with van der Waals surface area (Å²) < 4.78 is 19.5. The third kappa shape index (κ3) is 3.64. The van der Waals surface area contributed by atoms with Crippen LogP contribution in [0.15, 0.2) is 48.5 Å². The van der Waals surface area contributed by atoms with Crippen LogP contribution in [0.25, 0.3) is 11.1 Å². The van der Waals surface area contributed by atoms with E-state index in [9.17, 15) is 9.18 Å². The van der Waals surface area contributed by atoms with Crippen LogP contribution in [0.5, 0.6) is 0 Å². The summed E-state index contributed by atoms with van der Waals surface area (Å²) in [7, 11) is 0. The summed E-state index contributed by atoms with van der Waals surface area (Å²) in [4.78, 5) is 12.7. The molecule has 0 saturated carbocycles. The van der Waals surface area contributed by atoms with Crippen LogP contribution in [0, 0.1) is 5.82 Å². The molecule has 0 aromatic heterocycles. The van der Waals surface area contributed by atoms with Crippen molar-refractivity contribution in [2.45, 2.75) is 30.9 Å². The molecule has 4 nitrogen and oxygen atoms in total. The summed E-state index contributed by atoms with van der Waals surface area (Å²) in [6.07, 6.45) is 2.85. The minimum Gasteiger partial charge on any atom is -0.373 e. The fraction of sp³-hybridized carbons (Fsp3) is 0.381. The van der Waals surface area contributed by atoms with Gasteiger partial charge in [-0.05, 0) is 67.7 Å². The monoisotopic (exact) mass is 354 g/mol. The van der Waals surface area contributed by atoms with Crippen LogP contribution in [0.4, 0.5) is 4.39 Å². The zero-order valence-corrected chi connectivity index (χ0v) is 14.6. The lowest BCUT2D eigenvalue weighted by molar-refractivity contribution is -0.0194. The summed E-state index contributed by atoms with van der Waals surface area (Å²) >= 11 is 0. The molecule has 2 aromatic carbocycles. The molecule has 136 valence electrons. The van der Waals surface area contributed by atoms with E-state index in [4.69, 9.17) is 4.74 Å². The van der Waals surface area contributed by atoms with Gasteiger partial charge >= 0.3 is 0 Å². The highest BCUT2D eigenvalue weighted by Crippen LogP contribution is 2.34. The van der Waals surface area contributed by atoms with Crippen molar-refractivity contribution in [1.82, 2.24) is 10.6 Å². The van der Waals surface area contributed by atoms with Gasteiger partial charge in [0.15, 0.2) is 0 Å². The maximum atomic E-state index is 13.5.